The molecule has 1 heterocycles. The molecule has 0 aliphatic carbocycles. The van der Waals surface area contributed by atoms with E-state index in [0.29, 0.717) is 22.1 Å². The van der Waals surface area contributed by atoms with Crippen LogP contribution in [-0.2, 0) is 17.1 Å². The first kappa shape index (κ1) is 17.0. The highest BCUT2D eigenvalue weighted by molar-refractivity contribution is 7.92. The van der Waals surface area contributed by atoms with Crippen molar-refractivity contribution in [2.75, 3.05) is 16.7 Å². The van der Waals surface area contributed by atoms with Crippen molar-refractivity contribution in [1.82, 2.24) is 4.57 Å². The van der Waals surface area contributed by atoms with Gasteiger partial charge in [-0.3, -0.25) is 9.52 Å². The maximum absolute atomic E-state index is 12.4. The van der Waals surface area contributed by atoms with Gasteiger partial charge in [0.05, 0.1) is 11.9 Å². The number of nitrogens with one attached hydrogen (secondary N) is 1. The minimum Gasteiger partial charge on any atom is -0.398 e. The van der Waals surface area contributed by atoms with Gasteiger partial charge in [0.25, 0.3) is 5.56 Å². The van der Waals surface area contributed by atoms with Crippen LogP contribution in [0.25, 0.3) is 21.9 Å². The molecule has 7 heteroatoms. The van der Waals surface area contributed by atoms with E-state index >= 15 is 0 Å². The zero-order valence-electron chi connectivity index (χ0n) is 14.2. The largest absolute Gasteiger partial charge is 0.398 e. The second kappa shape index (κ2) is 5.93. The van der Waals surface area contributed by atoms with E-state index in [1.165, 1.54) is 4.57 Å². The molecule has 0 aliphatic rings. The van der Waals surface area contributed by atoms with Crippen LogP contribution in [0, 0.1) is 6.92 Å². The Morgan fingerprint density at radius 2 is 1.88 bits per heavy atom. The Morgan fingerprint density at radius 3 is 2.56 bits per heavy atom. The minimum atomic E-state index is -3.39. The van der Waals surface area contributed by atoms with E-state index in [1.54, 1.807) is 37.5 Å². The average Bonchev–Trinajstić information content (AvgIpc) is 2.52. The summed E-state index contributed by atoms with van der Waals surface area (Å²) < 4.78 is 27.2. The van der Waals surface area contributed by atoms with Gasteiger partial charge < -0.3 is 10.3 Å². The zero-order chi connectivity index (χ0) is 18.4. The van der Waals surface area contributed by atoms with Crippen LogP contribution in [0.4, 0.5) is 11.4 Å². The molecule has 0 amide bonds. The molecule has 0 saturated heterocycles. The summed E-state index contributed by atoms with van der Waals surface area (Å²) >= 11 is 0. The number of nitrogens with zero attached hydrogens (tertiary/aromatic N) is 1. The third kappa shape index (κ3) is 3.23. The van der Waals surface area contributed by atoms with E-state index in [1.807, 2.05) is 19.1 Å². The topological polar surface area (TPSA) is 94.2 Å². The van der Waals surface area contributed by atoms with Crippen molar-refractivity contribution in [2.45, 2.75) is 6.92 Å². The molecule has 1 aromatic heterocycles. The van der Waals surface area contributed by atoms with Gasteiger partial charge in [0, 0.05) is 35.3 Å². The van der Waals surface area contributed by atoms with E-state index in [0.717, 1.165) is 22.9 Å². The summed E-state index contributed by atoms with van der Waals surface area (Å²) in [5.41, 5.74) is 9.34. The fourth-order valence-electron chi connectivity index (χ4n) is 2.87. The van der Waals surface area contributed by atoms with Crippen LogP contribution >= 0.6 is 0 Å². The van der Waals surface area contributed by atoms with Gasteiger partial charge in [-0.1, -0.05) is 18.2 Å². The van der Waals surface area contributed by atoms with E-state index in [4.69, 9.17) is 5.73 Å². The van der Waals surface area contributed by atoms with Crippen molar-refractivity contribution < 1.29 is 8.42 Å². The molecule has 0 aliphatic heterocycles. The molecular formula is C18H19N3O3S. The molecule has 0 saturated carbocycles. The summed E-state index contributed by atoms with van der Waals surface area (Å²) in [5, 5.41) is 1.19. The number of anilines is 2. The first-order chi connectivity index (χ1) is 11.7. The second-order valence-electron chi connectivity index (χ2n) is 6.13. The fourth-order valence-corrected chi connectivity index (χ4v) is 3.49. The molecule has 3 rings (SSSR count). The number of hydrogen-bond acceptors (Lipinski definition) is 4. The summed E-state index contributed by atoms with van der Waals surface area (Å²) in [6.45, 7) is 1.82. The lowest BCUT2D eigenvalue weighted by atomic mass is 9.98. The summed E-state index contributed by atoms with van der Waals surface area (Å²) in [7, 11) is -1.72. The molecule has 25 heavy (non-hydrogen) atoms. The number of nitrogens with two attached hydrogens (primary N) is 1. The van der Waals surface area contributed by atoms with Crippen LogP contribution in [0.3, 0.4) is 0 Å². The number of benzene rings is 2. The van der Waals surface area contributed by atoms with Crippen molar-refractivity contribution in [3.63, 3.8) is 0 Å². The van der Waals surface area contributed by atoms with E-state index in [2.05, 4.69) is 4.72 Å². The van der Waals surface area contributed by atoms with Gasteiger partial charge in [-0.05, 0) is 36.2 Å². The second-order valence-corrected chi connectivity index (χ2v) is 7.88. The van der Waals surface area contributed by atoms with Crippen molar-refractivity contribution in [2.24, 2.45) is 7.05 Å². The number of sulfonamides is 1. The third-order valence-corrected chi connectivity index (χ3v) is 4.67. The highest BCUT2D eigenvalue weighted by Gasteiger charge is 2.13. The quantitative estimate of drug-likeness (QED) is 0.704. The van der Waals surface area contributed by atoms with Crippen LogP contribution in [0.15, 0.2) is 47.4 Å². The van der Waals surface area contributed by atoms with Gasteiger partial charge in [-0.2, -0.15) is 0 Å². The number of pyridine rings is 1. The smallest absolute Gasteiger partial charge is 0.258 e. The lowest BCUT2D eigenvalue weighted by Gasteiger charge is -2.14. The Labute approximate surface area is 146 Å². The molecule has 2 aromatic carbocycles. The molecular weight excluding hydrogens is 338 g/mol. The van der Waals surface area contributed by atoms with Crippen molar-refractivity contribution in [3.8, 4) is 11.1 Å². The third-order valence-electron chi connectivity index (χ3n) is 4.08. The highest BCUT2D eigenvalue weighted by Crippen LogP contribution is 2.33. The van der Waals surface area contributed by atoms with Crippen LogP contribution in [0.5, 0.6) is 0 Å². The lowest BCUT2D eigenvalue weighted by Crippen LogP contribution is -2.17. The summed E-state index contributed by atoms with van der Waals surface area (Å²) in [6.07, 6.45) is 2.83. The van der Waals surface area contributed by atoms with E-state index in [9.17, 15) is 13.2 Å². The maximum Gasteiger partial charge on any atom is 0.258 e. The molecule has 130 valence electrons. The number of aromatic nitrogens is 1. The number of rotatable bonds is 3. The van der Waals surface area contributed by atoms with Crippen LogP contribution in [0.1, 0.15) is 5.56 Å². The van der Waals surface area contributed by atoms with Crippen molar-refractivity contribution >= 4 is 32.2 Å². The van der Waals surface area contributed by atoms with Gasteiger partial charge in [0.2, 0.25) is 10.0 Å². The van der Waals surface area contributed by atoms with Crippen molar-refractivity contribution in [1.29, 1.82) is 0 Å². The van der Waals surface area contributed by atoms with Crippen molar-refractivity contribution in [3.05, 3.63) is 58.5 Å². The Morgan fingerprint density at radius 1 is 1.16 bits per heavy atom. The number of hydrogen-bond donors (Lipinski definition) is 2. The Kier molecular flexibility index (Phi) is 4.04. The number of nitrogen functional groups attached to an aromatic ring is 1. The predicted molar refractivity (Wildman–Crippen MR) is 102 cm³/mol. The summed E-state index contributed by atoms with van der Waals surface area (Å²) in [6, 6.07) is 10.7. The first-order valence-electron chi connectivity index (χ1n) is 7.64. The van der Waals surface area contributed by atoms with Crippen LogP contribution in [-0.4, -0.2) is 19.2 Å². The molecule has 3 aromatic rings. The first-order valence-corrected chi connectivity index (χ1v) is 9.53. The van der Waals surface area contributed by atoms with E-state index < -0.39 is 10.0 Å². The summed E-state index contributed by atoms with van der Waals surface area (Å²) in [4.78, 5) is 12.4. The Bertz CT molecular complexity index is 1150. The molecule has 3 N–H and O–H groups in total. The minimum absolute atomic E-state index is 0.132. The standard InChI is InChI=1S/C18H19N3O3S/c1-11-7-8-12(9-16(11)20-25(3,23)24)14-10-21(2)18(22)13-5-4-6-15(19)17(13)14/h4-10,20H,19H2,1-3H3. The zero-order valence-corrected chi connectivity index (χ0v) is 15.0. The molecule has 0 unspecified atom stereocenters. The van der Waals surface area contributed by atoms with Gasteiger partial charge in [0.15, 0.2) is 0 Å². The average molecular weight is 357 g/mol. The predicted octanol–water partition coefficient (Wildman–Crippen LogP) is 2.47. The molecule has 0 atom stereocenters. The number of aryl methyl sites for hydroxylation is 2. The number of fused-ring (bicyclic) bond motifs is 1. The van der Waals surface area contributed by atoms with Gasteiger partial charge in [0.1, 0.15) is 0 Å². The lowest BCUT2D eigenvalue weighted by molar-refractivity contribution is 0.607. The molecule has 6 nitrogen and oxygen atoms in total. The Hall–Kier alpha value is -2.80. The van der Waals surface area contributed by atoms with E-state index in [-0.39, 0.29) is 5.56 Å². The normalized spacial score (nSPS) is 11.6. The molecule has 0 fully saturated rings. The van der Waals surface area contributed by atoms with Crippen LogP contribution in [0.2, 0.25) is 0 Å². The van der Waals surface area contributed by atoms with Gasteiger partial charge >= 0.3 is 0 Å². The molecule has 0 bridgehead atoms. The van der Waals surface area contributed by atoms with Gasteiger partial charge in [-0.25, -0.2) is 8.42 Å². The molecule has 0 radical (unpaired) electrons. The van der Waals surface area contributed by atoms with Crippen LogP contribution < -0.4 is 16.0 Å². The summed E-state index contributed by atoms with van der Waals surface area (Å²) in [5.74, 6) is 0. The Balaban J connectivity index is 2.33. The monoisotopic (exact) mass is 357 g/mol. The SMILES string of the molecule is Cc1ccc(-c2cn(C)c(=O)c3cccc(N)c23)cc1NS(C)(=O)=O. The fraction of sp³-hybridized carbons (Fsp3) is 0.167. The highest BCUT2D eigenvalue weighted by atomic mass is 32.2. The maximum atomic E-state index is 12.4. The van der Waals surface area contributed by atoms with Gasteiger partial charge in [-0.15, -0.1) is 0 Å². The molecule has 0 spiro atoms.